The van der Waals surface area contributed by atoms with E-state index in [2.05, 4.69) is 4.90 Å². The van der Waals surface area contributed by atoms with Crippen molar-refractivity contribution < 1.29 is 0 Å². The summed E-state index contributed by atoms with van der Waals surface area (Å²) in [5, 5.41) is 0. The molecule has 0 amide bonds. The van der Waals surface area contributed by atoms with Crippen LogP contribution in [0, 0.1) is 5.92 Å². The summed E-state index contributed by atoms with van der Waals surface area (Å²) in [5.74, 6) is 1.11. The van der Waals surface area contributed by atoms with Crippen LogP contribution in [0.4, 0.5) is 0 Å². The Labute approximate surface area is 75.0 Å². The molecule has 62 valence electrons. The lowest BCUT2D eigenvalue weighted by Gasteiger charge is -2.38. The third-order valence-electron chi connectivity index (χ3n) is 2.56. The number of piperidine rings is 3. The zero-order valence-electron chi connectivity index (χ0n) is 6.08. The molecule has 0 spiro atoms. The van der Waals surface area contributed by atoms with Gasteiger partial charge in [-0.2, -0.15) is 0 Å². The van der Waals surface area contributed by atoms with Crippen molar-refractivity contribution in [1.29, 1.82) is 0 Å². The topological polar surface area (TPSA) is 3.24 Å². The third kappa shape index (κ3) is 2.01. The molecule has 3 rings (SSSR count). The van der Waals surface area contributed by atoms with E-state index in [0.29, 0.717) is 0 Å². The first-order valence-electron chi connectivity index (χ1n) is 3.67. The normalized spacial score (nSPS) is 36.0. The molecule has 3 heteroatoms. The van der Waals surface area contributed by atoms with Crippen molar-refractivity contribution in [2.24, 2.45) is 5.92 Å². The standard InChI is InChI=1S/C7H13N.2ClH/c1-4-8-5-2-7(1)3-6-8;;/h7H,1-6H2;2*1H. The Bertz CT molecular complexity index is 66.6. The van der Waals surface area contributed by atoms with Crippen LogP contribution in [-0.4, -0.2) is 24.5 Å². The molecular weight excluding hydrogens is 169 g/mol. The lowest BCUT2D eigenvalue weighted by molar-refractivity contribution is 0.111. The van der Waals surface area contributed by atoms with Gasteiger partial charge in [-0.15, -0.1) is 24.8 Å². The molecule has 1 nitrogen and oxygen atoms in total. The quantitative estimate of drug-likeness (QED) is 0.556. The van der Waals surface area contributed by atoms with Gasteiger partial charge in [0.25, 0.3) is 0 Å². The third-order valence-corrected chi connectivity index (χ3v) is 2.56. The lowest BCUT2D eigenvalue weighted by atomic mass is 9.89. The van der Waals surface area contributed by atoms with E-state index >= 15 is 0 Å². The van der Waals surface area contributed by atoms with Crippen LogP contribution in [0.2, 0.25) is 0 Å². The Hall–Kier alpha value is 0.540. The molecule has 3 aliphatic heterocycles. The molecule has 0 atom stereocenters. The van der Waals surface area contributed by atoms with Crippen LogP contribution in [0.15, 0.2) is 0 Å². The zero-order valence-corrected chi connectivity index (χ0v) is 7.72. The molecule has 3 heterocycles. The Morgan fingerprint density at radius 1 is 0.800 bits per heavy atom. The van der Waals surface area contributed by atoms with Crippen LogP contribution in [-0.2, 0) is 0 Å². The molecule has 2 bridgehead atoms. The molecule has 0 aromatic rings. The van der Waals surface area contributed by atoms with Gasteiger partial charge in [-0.3, -0.25) is 0 Å². The van der Waals surface area contributed by atoms with Crippen molar-refractivity contribution in [2.75, 3.05) is 19.6 Å². The van der Waals surface area contributed by atoms with Gasteiger partial charge in [-0.25, -0.2) is 0 Å². The maximum Gasteiger partial charge on any atom is -0.00161 e. The van der Waals surface area contributed by atoms with Crippen LogP contribution in [0.3, 0.4) is 0 Å². The highest BCUT2D eigenvalue weighted by Gasteiger charge is 2.24. The molecule has 0 aromatic heterocycles. The number of halogens is 2. The molecule has 3 fully saturated rings. The van der Waals surface area contributed by atoms with Crippen LogP contribution >= 0.6 is 24.8 Å². The molecule has 0 N–H and O–H groups in total. The first kappa shape index (κ1) is 10.5. The van der Waals surface area contributed by atoms with E-state index in [1.54, 1.807) is 0 Å². The van der Waals surface area contributed by atoms with Gasteiger partial charge in [0.05, 0.1) is 0 Å². The second-order valence-corrected chi connectivity index (χ2v) is 3.07. The van der Waals surface area contributed by atoms with E-state index in [1.807, 2.05) is 0 Å². The first-order chi connectivity index (χ1) is 3.95. The largest absolute Gasteiger partial charge is 0.303 e. The summed E-state index contributed by atoms with van der Waals surface area (Å²) < 4.78 is 0. The number of hydrogen-bond acceptors (Lipinski definition) is 1. The van der Waals surface area contributed by atoms with Gasteiger partial charge in [-0.1, -0.05) is 0 Å². The Morgan fingerprint density at radius 3 is 1.30 bits per heavy atom. The summed E-state index contributed by atoms with van der Waals surface area (Å²) in [6, 6.07) is 0. The highest BCUT2D eigenvalue weighted by molar-refractivity contribution is 5.85. The summed E-state index contributed by atoms with van der Waals surface area (Å²) in [6.45, 7) is 4.18. The van der Waals surface area contributed by atoms with Gasteiger partial charge in [-0.05, 0) is 44.8 Å². The van der Waals surface area contributed by atoms with Crippen LogP contribution in [0.5, 0.6) is 0 Å². The van der Waals surface area contributed by atoms with Gasteiger partial charge in [0.15, 0.2) is 0 Å². The summed E-state index contributed by atoms with van der Waals surface area (Å²) in [4.78, 5) is 2.58. The Kier molecular flexibility index (Phi) is 4.66. The van der Waals surface area contributed by atoms with E-state index in [9.17, 15) is 0 Å². The minimum Gasteiger partial charge on any atom is -0.303 e. The summed E-state index contributed by atoms with van der Waals surface area (Å²) in [6.07, 6.45) is 4.46. The van der Waals surface area contributed by atoms with Gasteiger partial charge < -0.3 is 4.90 Å². The van der Waals surface area contributed by atoms with Crippen molar-refractivity contribution in [3.05, 3.63) is 0 Å². The van der Waals surface area contributed by atoms with Crippen molar-refractivity contribution in [2.45, 2.75) is 19.3 Å². The number of fused-ring (bicyclic) bond motifs is 3. The second-order valence-electron chi connectivity index (χ2n) is 3.07. The fourth-order valence-electron chi connectivity index (χ4n) is 1.86. The maximum atomic E-state index is 2.58. The Balaban J connectivity index is 0.000000405. The second kappa shape index (κ2) is 4.42. The number of rotatable bonds is 0. The van der Waals surface area contributed by atoms with Crippen molar-refractivity contribution in [3.63, 3.8) is 0 Å². The molecule has 0 aromatic carbocycles. The van der Waals surface area contributed by atoms with E-state index in [0.717, 1.165) is 5.92 Å². The average Bonchev–Trinajstić information content (AvgIpc) is 1.92. The average molecular weight is 184 g/mol. The number of nitrogens with zero attached hydrogens (tertiary/aromatic N) is 1. The van der Waals surface area contributed by atoms with Crippen LogP contribution in [0.25, 0.3) is 0 Å². The number of hydrogen-bond donors (Lipinski definition) is 0. The molecule has 0 aliphatic carbocycles. The molecule has 3 saturated heterocycles. The molecule has 10 heavy (non-hydrogen) atoms. The minimum absolute atomic E-state index is 0. The first-order valence-corrected chi connectivity index (χ1v) is 3.67. The highest BCUT2D eigenvalue weighted by atomic mass is 35.5. The van der Waals surface area contributed by atoms with E-state index in [1.165, 1.54) is 38.9 Å². The van der Waals surface area contributed by atoms with Gasteiger partial charge >= 0.3 is 0 Å². The monoisotopic (exact) mass is 183 g/mol. The maximum absolute atomic E-state index is 2.58. The van der Waals surface area contributed by atoms with E-state index in [4.69, 9.17) is 0 Å². The lowest BCUT2D eigenvalue weighted by Crippen LogP contribution is -2.41. The van der Waals surface area contributed by atoms with E-state index in [-0.39, 0.29) is 24.8 Å². The summed E-state index contributed by atoms with van der Waals surface area (Å²) in [5.41, 5.74) is 0. The summed E-state index contributed by atoms with van der Waals surface area (Å²) >= 11 is 0. The predicted molar refractivity (Wildman–Crippen MR) is 48.3 cm³/mol. The fourth-order valence-corrected chi connectivity index (χ4v) is 1.86. The SMILES string of the molecule is C1CN2CCC1CC2.Cl.Cl. The van der Waals surface area contributed by atoms with Crippen molar-refractivity contribution in [3.8, 4) is 0 Å². The molecule has 3 aliphatic rings. The minimum atomic E-state index is 0. The smallest absolute Gasteiger partial charge is 0.00161 e. The van der Waals surface area contributed by atoms with Gasteiger partial charge in [0, 0.05) is 0 Å². The van der Waals surface area contributed by atoms with Crippen LogP contribution in [0.1, 0.15) is 19.3 Å². The van der Waals surface area contributed by atoms with Gasteiger partial charge in [0.2, 0.25) is 0 Å². The zero-order chi connectivity index (χ0) is 5.40. The summed E-state index contributed by atoms with van der Waals surface area (Å²) in [7, 11) is 0. The van der Waals surface area contributed by atoms with Crippen molar-refractivity contribution in [1.82, 2.24) is 4.90 Å². The molecular formula is C7H15Cl2N. The molecule has 0 radical (unpaired) electrons. The van der Waals surface area contributed by atoms with E-state index < -0.39 is 0 Å². The molecule has 0 saturated carbocycles. The van der Waals surface area contributed by atoms with Crippen LogP contribution < -0.4 is 0 Å². The highest BCUT2D eigenvalue weighted by Crippen LogP contribution is 2.26. The van der Waals surface area contributed by atoms with Crippen molar-refractivity contribution >= 4 is 24.8 Å². The predicted octanol–water partition coefficient (Wildman–Crippen LogP) is 1.95. The molecule has 0 unspecified atom stereocenters. The Morgan fingerprint density at radius 2 is 1.20 bits per heavy atom. The van der Waals surface area contributed by atoms with Gasteiger partial charge in [0.1, 0.15) is 0 Å². The fraction of sp³-hybridized carbons (Fsp3) is 1.00.